The van der Waals surface area contributed by atoms with Crippen LogP contribution in [0.5, 0.6) is 0 Å². The smallest absolute Gasteiger partial charge is 0.140 e. The van der Waals surface area contributed by atoms with E-state index in [0.717, 1.165) is 16.7 Å². The second-order valence-corrected chi connectivity index (χ2v) is 4.11. The summed E-state index contributed by atoms with van der Waals surface area (Å²) in [6.45, 7) is 0.381. The first kappa shape index (κ1) is 16.9. The number of nitrogens with one attached hydrogen (secondary N) is 1. The van der Waals surface area contributed by atoms with Crippen LogP contribution in [0.2, 0.25) is 0 Å². The average Bonchev–Trinajstić information content (AvgIpc) is 2.56. The molecule has 21 heavy (non-hydrogen) atoms. The molecule has 0 heterocycles. The molecule has 0 saturated heterocycles. The number of rotatable bonds is 3. The highest BCUT2D eigenvalue weighted by Crippen LogP contribution is 2.13. The molecular formula is C16H18N2O3. The van der Waals surface area contributed by atoms with Gasteiger partial charge in [0, 0.05) is 12.1 Å². The van der Waals surface area contributed by atoms with Crippen molar-refractivity contribution in [2.24, 2.45) is 5.90 Å². The molecule has 2 aromatic rings. The average molecular weight is 286 g/mol. The molecule has 0 bridgehead atoms. The first-order valence-electron chi connectivity index (χ1n) is 6.26. The summed E-state index contributed by atoms with van der Waals surface area (Å²) < 4.78 is 0. The summed E-state index contributed by atoms with van der Waals surface area (Å²) in [7, 11) is 0. The second kappa shape index (κ2) is 9.66. The third kappa shape index (κ3) is 5.75. The number of hydrogen-bond acceptors (Lipinski definition) is 5. The van der Waals surface area contributed by atoms with E-state index in [1.165, 1.54) is 0 Å². The van der Waals surface area contributed by atoms with Gasteiger partial charge < -0.3 is 15.5 Å². The lowest BCUT2D eigenvalue weighted by atomic mass is 10.1. The first-order valence-corrected chi connectivity index (χ1v) is 6.26. The molecule has 0 aliphatic rings. The van der Waals surface area contributed by atoms with Crippen LogP contribution in [0.25, 0.3) is 0 Å². The minimum Gasteiger partial charge on any atom is -0.376 e. The number of hydrogen-bond donors (Lipinski definition) is 5. The Kier molecular flexibility index (Phi) is 7.76. The maximum absolute atomic E-state index is 9.96. The molecule has 6 N–H and O–H groups in total. The summed E-state index contributed by atoms with van der Waals surface area (Å²) >= 11 is 0. The van der Waals surface area contributed by atoms with E-state index in [1.54, 1.807) is 12.1 Å². The van der Waals surface area contributed by atoms with Gasteiger partial charge >= 0.3 is 0 Å². The van der Waals surface area contributed by atoms with Crippen molar-refractivity contribution in [2.75, 3.05) is 0 Å². The minimum absolute atomic E-state index is 0.381. The molecule has 5 nitrogen and oxygen atoms in total. The van der Waals surface area contributed by atoms with E-state index in [4.69, 9.17) is 10.4 Å². The van der Waals surface area contributed by atoms with Crippen LogP contribution in [-0.4, -0.2) is 15.5 Å². The van der Waals surface area contributed by atoms with Gasteiger partial charge in [0.2, 0.25) is 0 Å². The molecule has 0 aromatic heterocycles. The Balaban J connectivity index is 0.00000106. The van der Waals surface area contributed by atoms with Gasteiger partial charge in [-0.3, -0.25) is 0 Å². The van der Waals surface area contributed by atoms with Crippen molar-refractivity contribution < 1.29 is 15.5 Å². The van der Waals surface area contributed by atoms with Crippen molar-refractivity contribution in [1.29, 1.82) is 0 Å². The van der Waals surface area contributed by atoms with E-state index >= 15 is 0 Å². The molecule has 0 aliphatic carbocycles. The fraction of sp³-hybridized carbons (Fsp3) is 0.125. The third-order valence-electron chi connectivity index (χ3n) is 2.71. The van der Waals surface area contributed by atoms with Crippen LogP contribution >= 0.6 is 0 Å². The molecular weight excluding hydrogens is 268 g/mol. The van der Waals surface area contributed by atoms with Gasteiger partial charge in [-0.25, -0.2) is 11.4 Å². The number of benzene rings is 2. The lowest BCUT2D eigenvalue weighted by molar-refractivity contribution is 0.161. The van der Waals surface area contributed by atoms with E-state index in [2.05, 4.69) is 23.2 Å². The van der Waals surface area contributed by atoms with Crippen molar-refractivity contribution in [3.8, 4) is 11.8 Å². The zero-order valence-electron chi connectivity index (χ0n) is 11.4. The fourth-order valence-electron chi connectivity index (χ4n) is 1.67. The standard InChI is InChI=1S/C16H15NO2.H3NO/c18-16(11-8-13-4-2-1-3-5-13)15-9-6-14(7-10-15)12-17-19;1-2/h1-7,9-10,16-19H,12H2;2H,1H2. The van der Waals surface area contributed by atoms with Gasteiger partial charge in [0.25, 0.3) is 0 Å². The van der Waals surface area contributed by atoms with Crippen LogP contribution in [0.1, 0.15) is 22.8 Å². The second-order valence-electron chi connectivity index (χ2n) is 4.11. The Labute approximate surface area is 123 Å². The summed E-state index contributed by atoms with van der Waals surface area (Å²) in [5.74, 6) is 9.24. The largest absolute Gasteiger partial charge is 0.376 e. The summed E-state index contributed by atoms with van der Waals surface area (Å²) in [6, 6.07) is 16.8. The monoisotopic (exact) mass is 286 g/mol. The summed E-state index contributed by atoms with van der Waals surface area (Å²) in [5.41, 5.74) is 4.65. The molecule has 1 atom stereocenters. The van der Waals surface area contributed by atoms with E-state index < -0.39 is 6.10 Å². The minimum atomic E-state index is -0.809. The molecule has 0 spiro atoms. The highest BCUT2D eigenvalue weighted by molar-refractivity contribution is 5.37. The van der Waals surface area contributed by atoms with Gasteiger partial charge in [0.15, 0.2) is 0 Å². The zero-order valence-corrected chi connectivity index (χ0v) is 11.4. The van der Waals surface area contributed by atoms with Crippen molar-refractivity contribution >= 4 is 0 Å². The fourth-order valence-corrected chi connectivity index (χ4v) is 1.67. The maximum atomic E-state index is 9.96. The lowest BCUT2D eigenvalue weighted by Gasteiger charge is -2.05. The van der Waals surface area contributed by atoms with E-state index in [9.17, 15) is 5.11 Å². The Morgan fingerprint density at radius 2 is 1.62 bits per heavy atom. The molecule has 5 heteroatoms. The number of aliphatic hydroxyl groups excluding tert-OH is 1. The highest BCUT2D eigenvalue weighted by Gasteiger charge is 2.03. The van der Waals surface area contributed by atoms with Gasteiger partial charge in [-0.1, -0.05) is 54.3 Å². The van der Waals surface area contributed by atoms with Gasteiger partial charge in [-0.05, 0) is 23.3 Å². The Morgan fingerprint density at radius 1 is 1.00 bits per heavy atom. The molecule has 1 unspecified atom stereocenters. The van der Waals surface area contributed by atoms with E-state index in [0.29, 0.717) is 6.54 Å². The van der Waals surface area contributed by atoms with Crippen LogP contribution in [0, 0.1) is 11.8 Å². The van der Waals surface area contributed by atoms with Crippen LogP contribution in [0.15, 0.2) is 54.6 Å². The number of nitrogens with two attached hydrogens (primary N) is 1. The molecule has 2 aromatic carbocycles. The third-order valence-corrected chi connectivity index (χ3v) is 2.71. The first-order chi connectivity index (χ1) is 10.3. The Hall–Kier alpha value is -2.20. The van der Waals surface area contributed by atoms with Crippen LogP contribution in [-0.2, 0) is 6.54 Å². The predicted octanol–water partition coefficient (Wildman–Crippen LogP) is 1.58. The normalized spacial score (nSPS) is 10.7. The SMILES string of the molecule is NO.ONCc1ccc(C(O)C#Cc2ccccc2)cc1. The lowest BCUT2D eigenvalue weighted by Crippen LogP contribution is -2.06. The highest BCUT2D eigenvalue weighted by atomic mass is 16.5. The molecule has 0 saturated carbocycles. The van der Waals surface area contributed by atoms with Gasteiger partial charge in [-0.15, -0.1) is 0 Å². The quantitative estimate of drug-likeness (QED) is 0.436. The summed E-state index contributed by atoms with van der Waals surface area (Å²) in [5, 5.41) is 25.1. The van der Waals surface area contributed by atoms with E-state index in [1.807, 2.05) is 42.5 Å². The molecule has 2 rings (SSSR count). The zero-order chi connectivity index (χ0) is 15.5. The number of aliphatic hydroxyl groups is 1. The van der Waals surface area contributed by atoms with Gasteiger partial charge in [0.05, 0.1) is 0 Å². The van der Waals surface area contributed by atoms with Crippen molar-refractivity contribution in [3.05, 3.63) is 71.3 Å². The van der Waals surface area contributed by atoms with Crippen molar-refractivity contribution in [1.82, 2.24) is 5.48 Å². The predicted molar refractivity (Wildman–Crippen MR) is 79.3 cm³/mol. The molecule has 0 amide bonds. The van der Waals surface area contributed by atoms with Gasteiger partial charge in [0.1, 0.15) is 6.10 Å². The molecule has 0 aliphatic heterocycles. The maximum Gasteiger partial charge on any atom is 0.140 e. The van der Waals surface area contributed by atoms with Crippen LogP contribution < -0.4 is 11.4 Å². The van der Waals surface area contributed by atoms with Crippen molar-refractivity contribution in [3.63, 3.8) is 0 Å². The number of hydroxylamine groups is 1. The van der Waals surface area contributed by atoms with E-state index in [-0.39, 0.29) is 0 Å². The van der Waals surface area contributed by atoms with Crippen LogP contribution in [0.4, 0.5) is 0 Å². The Morgan fingerprint density at radius 3 is 2.19 bits per heavy atom. The summed E-state index contributed by atoms with van der Waals surface area (Å²) in [4.78, 5) is 0. The van der Waals surface area contributed by atoms with Gasteiger partial charge in [-0.2, -0.15) is 0 Å². The molecule has 110 valence electrons. The van der Waals surface area contributed by atoms with Crippen molar-refractivity contribution in [2.45, 2.75) is 12.6 Å². The topological polar surface area (TPSA) is 98.7 Å². The molecule has 0 radical (unpaired) electrons. The van der Waals surface area contributed by atoms with Crippen LogP contribution in [0.3, 0.4) is 0 Å². The molecule has 0 fully saturated rings. The Bertz CT molecular complexity index is 574. The summed E-state index contributed by atoms with van der Waals surface area (Å²) in [6.07, 6.45) is -0.809.